The lowest BCUT2D eigenvalue weighted by molar-refractivity contribution is -0.137. The first kappa shape index (κ1) is 20.0. The van der Waals surface area contributed by atoms with E-state index < -0.39 is 15.3 Å². The van der Waals surface area contributed by atoms with Crippen molar-refractivity contribution in [2.75, 3.05) is 24.7 Å². The highest BCUT2D eigenvalue weighted by atomic mass is 32.2. The van der Waals surface area contributed by atoms with Gasteiger partial charge < -0.3 is 10.1 Å². The minimum atomic E-state index is -3.03. The first-order chi connectivity index (χ1) is 14.0. The van der Waals surface area contributed by atoms with Gasteiger partial charge in [0.25, 0.3) is 0 Å². The summed E-state index contributed by atoms with van der Waals surface area (Å²) in [5.41, 5.74) is 2.76. The summed E-state index contributed by atoms with van der Waals surface area (Å²) >= 11 is 0. The van der Waals surface area contributed by atoms with Gasteiger partial charge in [-0.05, 0) is 54.5 Å². The van der Waals surface area contributed by atoms with Crippen LogP contribution in [0, 0.1) is 5.41 Å². The number of ether oxygens (including phenoxy) is 1. The third-order valence-electron chi connectivity index (χ3n) is 6.01. The zero-order valence-electron chi connectivity index (χ0n) is 16.3. The van der Waals surface area contributed by atoms with Crippen LogP contribution >= 0.6 is 0 Å². The summed E-state index contributed by atoms with van der Waals surface area (Å²) < 4.78 is 29.0. The van der Waals surface area contributed by atoms with Gasteiger partial charge in [-0.25, -0.2) is 8.42 Å². The van der Waals surface area contributed by atoms with Gasteiger partial charge in [-0.15, -0.1) is 0 Å². The van der Waals surface area contributed by atoms with Crippen molar-refractivity contribution in [3.63, 3.8) is 0 Å². The Bertz CT molecular complexity index is 952. The average Bonchev–Trinajstić information content (AvgIpc) is 3.08. The normalized spacial score (nSPS) is 22.8. The Balaban J connectivity index is 1.50. The zero-order chi connectivity index (χ0) is 20.3. The van der Waals surface area contributed by atoms with E-state index in [2.05, 4.69) is 34.6 Å². The molecule has 2 fully saturated rings. The van der Waals surface area contributed by atoms with Crippen LogP contribution in [0.2, 0.25) is 0 Å². The van der Waals surface area contributed by atoms with Gasteiger partial charge in [0.1, 0.15) is 0 Å². The molecule has 0 spiro atoms. The molecule has 7 heteroatoms. The van der Waals surface area contributed by atoms with Crippen LogP contribution in [0.1, 0.15) is 24.8 Å². The molecule has 2 aliphatic heterocycles. The molecule has 0 radical (unpaired) electrons. The molecule has 0 bridgehead atoms. The van der Waals surface area contributed by atoms with Crippen molar-refractivity contribution in [3.05, 3.63) is 54.4 Å². The van der Waals surface area contributed by atoms with Gasteiger partial charge in [0.05, 0.1) is 16.9 Å². The molecular formula is C22H26N2O4S. The van der Waals surface area contributed by atoms with E-state index in [0.29, 0.717) is 38.9 Å². The van der Waals surface area contributed by atoms with Crippen molar-refractivity contribution in [1.29, 1.82) is 0 Å². The van der Waals surface area contributed by atoms with Crippen LogP contribution < -0.4 is 5.32 Å². The van der Waals surface area contributed by atoms with E-state index in [1.807, 2.05) is 12.1 Å². The number of amides is 1. The Morgan fingerprint density at radius 3 is 2.34 bits per heavy atom. The zero-order valence-corrected chi connectivity index (χ0v) is 17.2. The number of carbonyl (C=O) groups is 1. The minimum absolute atomic E-state index is 0.0406. The maximum atomic E-state index is 13.2. The number of aromatic nitrogens is 1. The van der Waals surface area contributed by atoms with E-state index in [0.717, 1.165) is 16.7 Å². The summed E-state index contributed by atoms with van der Waals surface area (Å²) in [7, 11) is -3.03. The molecule has 4 rings (SSSR count). The first-order valence-electron chi connectivity index (χ1n) is 10.0. The maximum Gasteiger partial charge on any atom is 0.226 e. The van der Waals surface area contributed by atoms with E-state index >= 15 is 0 Å². The van der Waals surface area contributed by atoms with E-state index in [-0.39, 0.29) is 23.5 Å². The van der Waals surface area contributed by atoms with Gasteiger partial charge >= 0.3 is 0 Å². The van der Waals surface area contributed by atoms with Crippen molar-refractivity contribution >= 4 is 15.7 Å². The molecule has 2 aromatic rings. The summed E-state index contributed by atoms with van der Waals surface area (Å²) in [6, 6.07) is 11.9. The number of hydrogen-bond acceptors (Lipinski definition) is 5. The van der Waals surface area contributed by atoms with Crippen LogP contribution in [0.4, 0.5) is 0 Å². The fraction of sp³-hybridized carbons (Fsp3) is 0.455. The largest absolute Gasteiger partial charge is 0.381 e. The Morgan fingerprint density at radius 1 is 1.07 bits per heavy atom. The number of nitrogens with zero attached hydrogens (tertiary/aromatic N) is 1. The van der Waals surface area contributed by atoms with E-state index in [1.165, 1.54) is 0 Å². The average molecular weight is 415 g/mol. The van der Waals surface area contributed by atoms with Gasteiger partial charge in [0.2, 0.25) is 5.91 Å². The Hall–Kier alpha value is -2.25. The standard InChI is InChI=1S/C22H26N2O4S/c25-21(24-20-7-14-29(26,27)16-20)22(8-12-28-13-9-22)15-17-1-3-18(4-2-17)19-5-10-23-11-6-19/h1-6,10-11,20H,7-9,12-16H2,(H,24,25)/t20-/m0/s1. The molecule has 1 aromatic carbocycles. The second-order valence-corrected chi connectivity index (χ2v) is 10.3. The fourth-order valence-corrected chi connectivity index (χ4v) is 5.92. The van der Waals surface area contributed by atoms with Gasteiger partial charge in [-0.3, -0.25) is 9.78 Å². The van der Waals surface area contributed by atoms with Crippen LogP contribution in [-0.4, -0.2) is 50.1 Å². The molecule has 2 aliphatic rings. The monoisotopic (exact) mass is 414 g/mol. The molecule has 3 heterocycles. The molecule has 0 saturated carbocycles. The highest BCUT2D eigenvalue weighted by Crippen LogP contribution is 2.35. The molecule has 1 N–H and O–H groups in total. The van der Waals surface area contributed by atoms with Gasteiger partial charge in [0, 0.05) is 31.6 Å². The number of carbonyl (C=O) groups excluding carboxylic acids is 1. The molecule has 2 saturated heterocycles. The van der Waals surface area contributed by atoms with E-state index in [4.69, 9.17) is 4.74 Å². The highest BCUT2D eigenvalue weighted by molar-refractivity contribution is 7.91. The number of pyridine rings is 1. The summed E-state index contributed by atoms with van der Waals surface area (Å²) in [5.74, 6) is 0.164. The molecule has 6 nitrogen and oxygen atoms in total. The Kier molecular flexibility index (Phi) is 5.69. The van der Waals surface area contributed by atoms with Crippen molar-refractivity contribution in [3.8, 4) is 11.1 Å². The van der Waals surface area contributed by atoms with Crippen LogP contribution in [0.3, 0.4) is 0 Å². The fourth-order valence-electron chi connectivity index (χ4n) is 4.24. The minimum Gasteiger partial charge on any atom is -0.381 e. The first-order valence-corrected chi connectivity index (χ1v) is 11.9. The second kappa shape index (κ2) is 8.24. The summed E-state index contributed by atoms with van der Waals surface area (Å²) in [4.78, 5) is 17.3. The van der Waals surface area contributed by atoms with Crippen molar-refractivity contribution in [2.24, 2.45) is 5.41 Å². The number of benzene rings is 1. The van der Waals surface area contributed by atoms with Gasteiger partial charge in [0.15, 0.2) is 9.84 Å². The third-order valence-corrected chi connectivity index (χ3v) is 7.78. The summed E-state index contributed by atoms with van der Waals surface area (Å²) in [6.07, 6.45) is 5.95. The van der Waals surface area contributed by atoms with Gasteiger partial charge in [-0.1, -0.05) is 24.3 Å². The van der Waals surface area contributed by atoms with Crippen LogP contribution in [0.25, 0.3) is 11.1 Å². The summed E-state index contributed by atoms with van der Waals surface area (Å²) in [6.45, 7) is 1.09. The third kappa shape index (κ3) is 4.67. The lowest BCUT2D eigenvalue weighted by atomic mass is 9.74. The Morgan fingerprint density at radius 2 is 1.72 bits per heavy atom. The molecule has 1 amide bonds. The van der Waals surface area contributed by atoms with Crippen molar-refractivity contribution < 1.29 is 17.9 Å². The van der Waals surface area contributed by atoms with E-state index in [1.54, 1.807) is 12.4 Å². The van der Waals surface area contributed by atoms with Crippen molar-refractivity contribution in [1.82, 2.24) is 10.3 Å². The molecule has 1 atom stereocenters. The SMILES string of the molecule is O=C(N[C@H]1CCS(=O)(=O)C1)C1(Cc2ccc(-c3ccncc3)cc2)CCOCC1. The van der Waals surface area contributed by atoms with Crippen LogP contribution in [-0.2, 0) is 25.8 Å². The number of sulfone groups is 1. The van der Waals surface area contributed by atoms with Crippen LogP contribution in [0.5, 0.6) is 0 Å². The molecule has 154 valence electrons. The molecule has 1 aromatic heterocycles. The maximum absolute atomic E-state index is 13.2. The smallest absolute Gasteiger partial charge is 0.226 e. The molecular weight excluding hydrogens is 388 g/mol. The number of hydrogen-bond donors (Lipinski definition) is 1. The molecule has 29 heavy (non-hydrogen) atoms. The lowest BCUT2D eigenvalue weighted by Gasteiger charge is -2.36. The molecule has 0 aliphatic carbocycles. The van der Waals surface area contributed by atoms with Crippen molar-refractivity contribution in [2.45, 2.75) is 31.7 Å². The van der Waals surface area contributed by atoms with Crippen LogP contribution in [0.15, 0.2) is 48.8 Å². The van der Waals surface area contributed by atoms with E-state index in [9.17, 15) is 13.2 Å². The summed E-state index contributed by atoms with van der Waals surface area (Å²) in [5, 5.41) is 3.02. The highest BCUT2D eigenvalue weighted by Gasteiger charge is 2.42. The Labute approximate surface area is 171 Å². The topological polar surface area (TPSA) is 85.4 Å². The van der Waals surface area contributed by atoms with Gasteiger partial charge in [-0.2, -0.15) is 0 Å². The predicted octanol–water partition coefficient (Wildman–Crippen LogP) is 2.39. The lowest BCUT2D eigenvalue weighted by Crippen LogP contribution is -2.49. The number of nitrogens with one attached hydrogen (secondary N) is 1. The number of rotatable bonds is 5. The molecule has 0 unspecified atom stereocenters. The second-order valence-electron chi connectivity index (χ2n) is 8.08. The quantitative estimate of drug-likeness (QED) is 0.812. The predicted molar refractivity (Wildman–Crippen MR) is 111 cm³/mol.